The van der Waals surface area contributed by atoms with Crippen LogP contribution in [0.15, 0.2) is 32.2 Å². The van der Waals surface area contributed by atoms with Crippen LogP contribution in [-0.2, 0) is 10.0 Å². The van der Waals surface area contributed by atoms with Gasteiger partial charge in [0.15, 0.2) is 0 Å². The topological polar surface area (TPSA) is 96.6 Å². The molecule has 1 atom stereocenters. The van der Waals surface area contributed by atoms with E-state index in [0.717, 1.165) is 17.4 Å². The zero-order valence-corrected chi connectivity index (χ0v) is 12.4. The summed E-state index contributed by atoms with van der Waals surface area (Å²) in [5.74, 6) is 0.0360. The molecule has 2 aromatic rings. The number of carboxylic acids is 1. The third-order valence-corrected chi connectivity index (χ3v) is 5.59. The molecule has 20 heavy (non-hydrogen) atoms. The lowest BCUT2D eigenvalue weighted by Gasteiger charge is -2.10. The number of hydrogen-bond acceptors (Lipinski definition) is 5. The van der Waals surface area contributed by atoms with E-state index in [0.29, 0.717) is 11.5 Å². The Hall–Kier alpha value is -1.64. The molecule has 2 heterocycles. The van der Waals surface area contributed by atoms with Crippen molar-refractivity contribution in [2.24, 2.45) is 0 Å². The highest BCUT2D eigenvalue weighted by molar-refractivity contribution is 7.91. The number of hydrogen-bond donors (Lipinski definition) is 2. The van der Waals surface area contributed by atoms with Gasteiger partial charge in [-0.05, 0) is 32.0 Å². The molecule has 2 rings (SSSR count). The van der Waals surface area contributed by atoms with Gasteiger partial charge in [0, 0.05) is 5.38 Å². The normalized spacial score (nSPS) is 13.3. The number of rotatable bonds is 5. The second-order valence-electron chi connectivity index (χ2n) is 4.25. The molecule has 0 unspecified atom stereocenters. The minimum Gasteiger partial charge on any atom is -0.478 e. The number of thiophene rings is 1. The Balaban J connectivity index is 2.20. The maximum absolute atomic E-state index is 12.1. The second-order valence-corrected chi connectivity index (χ2v) is 7.10. The fourth-order valence-electron chi connectivity index (χ4n) is 1.60. The van der Waals surface area contributed by atoms with Gasteiger partial charge in [0.1, 0.15) is 15.7 Å². The predicted molar refractivity (Wildman–Crippen MR) is 73.5 cm³/mol. The minimum atomic E-state index is -3.77. The van der Waals surface area contributed by atoms with Crippen LogP contribution in [0.2, 0.25) is 0 Å². The molecule has 0 aliphatic rings. The first-order valence-corrected chi connectivity index (χ1v) is 8.06. The van der Waals surface area contributed by atoms with Crippen molar-refractivity contribution in [2.45, 2.75) is 24.1 Å². The van der Waals surface area contributed by atoms with Crippen LogP contribution >= 0.6 is 11.3 Å². The number of sulfonamides is 1. The smallest absolute Gasteiger partial charge is 0.336 e. The number of nitrogens with one attached hydrogen (secondary N) is 1. The lowest BCUT2D eigenvalue weighted by molar-refractivity contribution is 0.0697. The average Bonchev–Trinajstić information content (AvgIpc) is 2.96. The molecule has 6 nitrogen and oxygen atoms in total. The Morgan fingerprint density at radius 2 is 2.15 bits per heavy atom. The number of furan rings is 1. The first-order chi connectivity index (χ1) is 9.29. The van der Waals surface area contributed by atoms with E-state index >= 15 is 0 Å². The van der Waals surface area contributed by atoms with Gasteiger partial charge in [0.2, 0.25) is 0 Å². The van der Waals surface area contributed by atoms with Gasteiger partial charge < -0.3 is 9.52 Å². The van der Waals surface area contributed by atoms with Crippen molar-refractivity contribution in [1.82, 2.24) is 4.72 Å². The molecule has 0 amide bonds. The summed E-state index contributed by atoms with van der Waals surface area (Å²) >= 11 is 0.865. The van der Waals surface area contributed by atoms with Crippen LogP contribution in [0.4, 0.5) is 0 Å². The van der Waals surface area contributed by atoms with Crippen LogP contribution in [0.3, 0.4) is 0 Å². The Morgan fingerprint density at radius 1 is 1.45 bits per heavy atom. The molecule has 0 bridgehead atoms. The average molecular weight is 315 g/mol. The van der Waals surface area contributed by atoms with E-state index in [1.54, 1.807) is 26.0 Å². The maximum Gasteiger partial charge on any atom is 0.336 e. The second kappa shape index (κ2) is 5.39. The molecule has 0 saturated carbocycles. The molecule has 0 aliphatic heterocycles. The standard InChI is InChI=1S/C12H13NO5S2/c1-7-3-4-10(18-7)8(2)13-20(16,17)11-5-9(6-19-11)12(14)15/h3-6,8,13H,1-2H3,(H,14,15)/t8-/m1/s1. The summed E-state index contributed by atoms with van der Waals surface area (Å²) in [7, 11) is -3.77. The number of carbonyl (C=O) groups is 1. The van der Waals surface area contributed by atoms with Crippen molar-refractivity contribution in [2.75, 3.05) is 0 Å². The Labute approximate surface area is 120 Å². The predicted octanol–water partition coefficient (Wildman–Crippen LogP) is 2.39. The van der Waals surface area contributed by atoms with Crippen molar-refractivity contribution in [3.63, 3.8) is 0 Å². The lowest BCUT2D eigenvalue weighted by Crippen LogP contribution is -2.26. The highest BCUT2D eigenvalue weighted by atomic mass is 32.2. The first kappa shape index (κ1) is 14.8. The van der Waals surface area contributed by atoms with Crippen molar-refractivity contribution in [3.05, 3.63) is 40.7 Å². The summed E-state index contributed by atoms with van der Waals surface area (Å²) in [4.78, 5) is 10.8. The van der Waals surface area contributed by atoms with E-state index in [4.69, 9.17) is 9.52 Å². The quantitative estimate of drug-likeness (QED) is 0.883. The molecule has 0 aliphatic carbocycles. The van der Waals surface area contributed by atoms with Gasteiger partial charge in [0.05, 0.1) is 11.6 Å². The third-order valence-electron chi connectivity index (χ3n) is 2.61. The Bertz CT molecular complexity index is 729. The summed E-state index contributed by atoms with van der Waals surface area (Å²) in [5, 5.41) is 10.1. The van der Waals surface area contributed by atoms with Gasteiger partial charge in [-0.15, -0.1) is 11.3 Å². The number of aryl methyl sites for hydroxylation is 1. The molecule has 8 heteroatoms. The van der Waals surface area contributed by atoms with Crippen LogP contribution in [0, 0.1) is 6.92 Å². The highest BCUT2D eigenvalue weighted by Crippen LogP contribution is 2.23. The SMILES string of the molecule is Cc1ccc([C@@H](C)NS(=O)(=O)c2cc(C(=O)O)cs2)o1. The van der Waals surface area contributed by atoms with E-state index in [2.05, 4.69) is 4.72 Å². The molecule has 108 valence electrons. The van der Waals surface area contributed by atoms with E-state index in [-0.39, 0.29) is 9.77 Å². The highest BCUT2D eigenvalue weighted by Gasteiger charge is 2.23. The Kier molecular flexibility index (Phi) is 3.98. The molecule has 2 N–H and O–H groups in total. The Morgan fingerprint density at radius 3 is 2.65 bits per heavy atom. The van der Waals surface area contributed by atoms with Gasteiger partial charge in [-0.2, -0.15) is 0 Å². The van der Waals surface area contributed by atoms with Crippen molar-refractivity contribution >= 4 is 27.3 Å². The van der Waals surface area contributed by atoms with Crippen LogP contribution in [0.1, 0.15) is 34.8 Å². The van der Waals surface area contributed by atoms with Crippen LogP contribution in [0.5, 0.6) is 0 Å². The summed E-state index contributed by atoms with van der Waals surface area (Å²) < 4.78 is 32.0. The zero-order chi connectivity index (χ0) is 14.9. The van der Waals surface area contributed by atoms with Crippen molar-refractivity contribution in [1.29, 1.82) is 0 Å². The number of aromatic carboxylic acids is 1. The molecule has 0 fully saturated rings. The molecule has 2 aromatic heterocycles. The summed E-state index contributed by atoms with van der Waals surface area (Å²) in [6, 6.07) is 4.03. The maximum atomic E-state index is 12.1. The number of carboxylic acid groups (broad SMARTS) is 1. The molecule has 0 radical (unpaired) electrons. The zero-order valence-electron chi connectivity index (χ0n) is 10.8. The summed E-state index contributed by atoms with van der Waals surface area (Å²) in [5.41, 5.74) is -0.0446. The van der Waals surface area contributed by atoms with Crippen LogP contribution in [-0.4, -0.2) is 19.5 Å². The fraction of sp³-hybridized carbons (Fsp3) is 0.250. The third kappa shape index (κ3) is 3.09. The van der Waals surface area contributed by atoms with Gasteiger partial charge in [-0.1, -0.05) is 0 Å². The molecule has 0 saturated heterocycles. The molecular formula is C12H13NO5S2. The molecule has 0 aromatic carbocycles. The summed E-state index contributed by atoms with van der Waals surface area (Å²) in [6.45, 7) is 3.42. The van der Waals surface area contributed by atoms with E-state index in [9.17, 15) is 13.2 Å². The fourth-order valence-corrected chi connectivity index (χ4v) is 3.99. The van der Waals surface area contributed by atoms with Crippen molar-refractivity contribution in [3.8, 4) is 0 Å². The van der Waals surface area contributed by atoms with Crippen molar-refractivity contribution < 1.29 is 22.7 Å². The first-order valence-electron chi connectivity index (χ1n) is 5.70. The molecule has 0 spiro atoms. The van der Waals surface area contributed by atoms with Crippen LogP contribution in [0.25, 0.3) is 0 Å². The van der Waals surface area contributed by atoms with Gasteiger partial charge in [-0.3, -0.25) is 0 Å². The van der Waals surface area contributed by atoms with Gasteiger partial charge in [0.25, 0.3) is 10.0 Å². The largest absolute Gasteiger partial charge is 0.478 e. The van der Waals surface area contributed by atoms with Gasteiger partial charge >= 0.3 is 5.97 Å². The lowest BCUT2D eigenvalue weighted by atomic mass is 10.3. The van der Waals surface area contributed by atoms with E-state index in [1.807, 2.05) is 0 Å². The van der Waals surface area contributed by atoms with Crippen LogP contribution < -0.4 is 4.72 Å². The monoisotopic (exact) mass is 315 g/mol. The summed E-state index contributed by atoms with van der Waals surface area (Å²) in [6.07, 6.45) is 0. The van der Waals surface area contributed by atoms with E-state index < -0.39 is 22.0 Å². The minimum absolute atomic E-state index is 0.0370. The van der Waals surface area contributed by atoms with Gasteiger partial charge in [-0.25, -0.2) is 17.9 Å². The molecular weight excluding hydrogens is 302 g/mol. The van der Waals surface area contributed by atoms with E-state index in [1.165, 1.54) is 5.38 Å².